The molecule has 0 bridgehead atoms. The Morgan fingerprint density at radius 3 is 2.24 bits per heavy atom. The van der Waals surface area contributed by atoms with Crippen molar-refractivity contribution in [1.82, 2.24) is 4.90 Å². The smallest absolute Gasteiger partial charge is 0.298 e. The van der Waals surface area contributed by atoms with Crippen LogP contribution in [-0.4, -0.2) is 29.5 Å². The average Bonchev–Trinajstić information content (AvgIpc) is 2.27. The Balaban J connectivity index is 2.49. The highest BCUT2D eigenvalue weighted by Crippen LogP contribution is 2.20. The molecule has 1 rings (SSSR count). The molecular weight excluding hydrogens is 295 g/mol. The van der Waals surface area contributed by atoms with E-state index in [0.717, 1.165) is 5.56 Å². The van der Waals surface area contributed by atoms with E-state index in [1.54, 1.807) is 4.90 Å². The normalized spacial score (nSPS) is 12.1. The molecule has 0 aliphatic rings. The molecule has 0 saturated carbocycles. The van der Waals surface area contributed by atoms with Gasteiger partial charge in [0.1, 0.15) is 0 Å². The number of hydrogen-bond donors (Lipinski definition) is 0. The average molecular weight is 310 g/mol. The predicted octanol–water partition coefficient (Wildman–Crippen LogP) is 3.84. The van der Waals surface area contributed by atoms with E-state index in [1.165, 1.54) is 0 Å². The standard InChI is InChI=1S/C12H15BrF3N/c13-7-9-17(8-6-12(14,15)16)10-11-4-2-1-3-5-11/h1-5H,6-10H2. The van der Waals surface area contributed by atoms with Gasteiger partial charge in [-0.3, -0.25) is 4.90 Å². The lowest BCUT2D eigenvalue weighted by atomic mass is 10.2. The summed E-state index contributed by atoms with van der Waals surface area (Å²) in [4.78, 5) is 1.80. The lowest BCUT2D eigenvalue weighted by Crippen LogP contribution is -2.29. The molecule has 1 aromatic rings. The van der Waals surface area contributed by atoms with Gasteiger partial charge in [0.15, 0.2) is 0 Å². The third-order valence-electron chi connectivity index (χ3n) is 2.36. The van der Waals surface area contributed by atoms with Crippen LogP contribution in [-0.2, 0) is 6.54 Å². The Morgan fingerprint density at radius 1 is 1.06 bits per heavy atom. The van der Waals surface area contributed by atoms with Crippen LogP contribution in [0, 0.1) is 0 Å². The monoisotopic (exact) mass is 309 g/mol. The fraction of sp³-hybridized carbons (Fsp3) is 0.500. The fourth-order valence-corrected chi connectivity index (χ4v) is 2.02. The van der Waals surface area contributed by atoms with E-state index in [4.69, 9.17) is 0 Å². The first-order valence-electron chi connectivity index (χ1n) is 5.40. The molecule has 0 unspecified atom stereocenters. The van der Waals surface area contributed by atoms with E-state index in [0.29, 0.717) is 18.4 Å². The molecule has 0 N–H and O–H groups in total. The second-order valence-electron chi connectivity index (χ2n) is 3.82. The van der Waals surface area contributed by atoms with Gasteiger partial charge in [-0.15, -0.1) is 0 Å². The van der Waals surface area contributed by atoms with Gasteiger partial charge in [-0.25, -0.2) is 0 Å². The van der Waals surface area contributed by atoms with Crippen molar-refractivity contribution in [3.8, 4) is 0 Å². The molecule has 0 fully saturated rings. The van der Waals surface area contributed by atoms with E-state index in [9.17, 15) is 13.2 Å². The first-order valence-corrected chi connectivity index (χ1v) is 6.52. The number of hydrogen-bond acceptors (Lipinski definition) is 1. The molecule has 0 heterocycles. The molecule has 0 aromatic heterocycles. The zero-order chi connectivity index (χ0) is 12.7. The summed E-state index contributed by atoms with van der Waals surface area (Å²) < 4.78 is 36.5. The Labute approximate surface area is 108 Å². The summed E-state index contributed by atoms with van der Waals surface area (Å²) in [5, 5.41) is 0.678. The topological polar surface area (TPSA) is 3.24 Å². The second-order valence-corrected chi connectivity index (χ2v) is 4.61. The van der Waals surface area contributed by atoms with Gasteiger partial charge in [0.25, 0.3) is 0 Å². The van der Waals surface area contributed by atoms with Crippen molar-refractivity contribution in [3.05, 3.63) is 35.9 Å². The van der Waals surface area contributed by atoms with Gasteiger partial charge in [0, 0.05) is 25.0 Å². The number of rotatable bonds is 6. The van der Waals surface area contributed by atoms with E-state index < -0.39 is 12.6 Å². The molecule has 0 aliphatic carbocycles. The van der Waals surface area contributed by atoms with Crippen molar-refractivity contribution in [2.75, 3.05) is 18.4 Å². The Hall–Kier alpha value is -0.550. The van der Waals surface area contributed by atoms with E-state index >= 15 is 0 Å². The highest BCUT2D eigenvalue weighted by atomic mass is 79.9. The number of alkyl halides is 4. The Morgan fingerprint density at radius 2 is 1.71 bits per heavy atom. The lowest BCUT2D eigenvalue weighted by Gasteiger charge is -2.22. The maximum atomic E-state index is 12.2. The molecule has 0 atom stereocenters. The summed E-state index contributed by atoms with van der Waals surface area (Å²) in [6, 6.07) is 9.54. The number of halogens is 4. The summed E-state index contributed by atoms with van der Waals surface area (Å²) in [5.41, 5.74) is 1.04. The number of nitrogens with zero attached hydrogens (tertiary/aromatic N) is 1. The van der Waals surface area contributed by atoms with E-state index in [-0.39, 0.29) is 6.54 Å². The van der Waals surface area contributed by atoms with Crippen LogP contribution < -0.4 is 0 Å². The third kappa shape index (κ3) is 6.68. The maximum Gasteiger partial charge on any atom is 0.390 e. The molecule has 1 nitrogen and oxygen atoms in total. The summed E-state index contributed by atoms with van der Waals surface area (Å²) in [6.07, 6.45) is -4.84. The van der Waals surface area contributed by atoms with Crippen molar-refractivity contribution < 1.29 is 13.2 Å². The molecule has 1 aromatic carbocycles. The van der Waals surface area contributed by atoms with Crippen LogP contribution in [0.25, 0.3) is 0 Å². The highest BCUT2D eigenvalue weighted by Gasteiger charge is 2.27. The van der Waals surface area contributed by atoms with Gasteiger partial charge in [-0.2, -0.15) is 13.2 Å². The lowest BCUT2D eigenvalue weighted by molar-refractivity contribution is -0.138. The minimum atomic E-state index is -4.08. The number of benzene rings is 1. The summed E-state index contributed by atoms with van der Waals surface area (Å²) in [7, 11) is 0. The van der Waals surface area contributed by atoms with Crippen LogP contribution in [0.3, 0.4) is 0 Å². The maximum absolute atomic E-state index is 12.2. The first kappa shape index (κ1) is 14.5. The second kappa shape index (κ2) is 7.01. The van der Waals surface area contributed by atoms with Gasteiger partial charge >= 0.3 is 6.18 Å². The zero-order valence-electron chi connectivity index (χ0n) is 9.38. The molecule has 0 aliphatic heterocycles. The van der Waals surface area contributed by atoms with Crippen molar-refractivity contribution in [1.29, 1.82) is 0 Å². The zero-order valence-corrected chi connectivity index (χ0v) is 11.0. The van der Waals surface area contributed by atoms with Gasteiger partial charge in [0.05, 0.1) is 6.42 Å². The summed E-state index contributed by atoms with van der Waals surface area (Å²) >= 11 is 3.26. The largest absolute Gasteiger partial charge is 0.390 e. The van der Waals surface area contributed by atoms with E-state index in [2.05, 4.69) is 15.9 Å². The molecule has 5 heteroatoms. The molecular formula is C12H15BrF3N. The molecule has 96 valence electrons. The van der Waals surface area contributed by atoms with Crippen LogP contribution >= 0.6 is 15.9 Å². The van der Waals surface area contributed by atoms with Gasteiger partial charge in [0.2, 0.25) is 0 Å². The van der Waals surface area contributed by atoms with E-state index in [1.807, 2.05) is 30.3 Å². The van der Waals surface area contributed by atoms with Crippen LogP contribution in [0.15, 0.2) is 30.3 Å². The van der Waals surface area contributed by atoms with Crippen molar-refractivity contribution in [2.24, 2.45) is 0 Å². The molecule has 0 saturated heterocycles. The van der Waals surface area contributed by atoms with Crippen molar-refractivity contribution >= 4 is 15.9 Å². The summed E-state index contributed by atoms with van der Waals surface area (Å²) in [6.45, 7) is 1.22. The van der Waals surface area contributed by atoms with Gasteiger partial charge in [-0.05, 0) is 5.56 Å². The quantitative estimate of drug-likeness (QED) is 0.722. The van der Waals surface area contributed by atoms with Crippen LogP contribution in [0.1, 0.15) is 12.0 Å². The third-order valence-corrected chi connectivity index (χ3v) is 2.72. The Bertz CT molecular complexity index is 313. The molecule has 17 heavy (non-hydrogen) atoms. The fourth-order valence-electron chi connectivity index (χ4n) is 1.52. The Kier molecular flexibility index (Phi) is 5.98. The van der Waals surface area contributed by atoms with Crippen molar-refractivity contribution in [3.63, 3.8) is 0 Å². The van der Waals surface area contributed by atoms with Crippen LogP contribution in [0.5, 0.6) is 0 Å². The van der Waals surface area contributed by atoms with Gasteiger partial charge < -0.3 is 0 Å². The molecule has 0 amide bonds. The highest BCUT2D eigenvalue weighted by molar-refractivity contribution is 9.09. The van der Waals surface area contributed by atoms with Gasteiger partial charge in [-0.1, -0.05) is 46.3 Å². The predicted molar refractivity (Wildman–Crippen MR) is 66.2 cm³/mol. The summed E-state index contributed by atoms with van der Waals surface area (Å²) in [5.74, 6) is 0. The molecule has 0 spiro atoms. The minimum absolute atomic E-state index is 0.0456. The van der Waals surface area contributed by atoms with Crippen LogP contribution in [0.2, 0.25) is 0 Å². The first-order chi connectivity index (χ1) is 8.01. The minimum Gasteiger partial charge on any atom is -0.298 e. The SMILES string of the molecule is FC(F)(F)CCN(CCBr)Cc1ccccc1. The molecule has 0 radical (unpaired) electrons. The van der Waals surface area contributed by atoms with Crippen molar-refractivity contribution in [2.45, 2.75) is 19.1 Å². The van der Waals surface area contributed by atoms with Crippen LogP contribution in [0.4, 0.5) is 13.2 Å².